The first kappa shape index (κ1) is 22.1. The van der Waals surface area contributed by atoms with E-state index >= 15 is 0 Å². The highest BCUT2D eigenvalue weighted by atomic mass is 35.5. The summed E-state index contributed by atoms with van der Waals surface area (Å²) in [5.41, 5.74) is -1.48. The quantitative estimate of drug-likeness (QED) is 0.537. The molecule has 0 radical (unpaired) electrons. The second-order valence-corrected chi connectivity index (χ2v) is 7.78. The lowest BCUT2D eigenvalue weighted by atomic mass is 9.80. The Labute approximate surface area is 177 Å². The zero-order valence-corrected chi connectivity index (χ0v) is 17.2. The third-order valence-corrected chi connectivity index (χ3v) is 5.06. The summed E-state index contributed by atoms with van der Waals surface area (Å²) in [6.07, 6.45) is -2.94. The fraction of sp³-hybridized carbons (Fsp3) is 0.333. The Bertz CT molecular complexity index is 976. The number of ether oxygens (including phenoxy) is 1. The van der Waals surface area contributed by atoms with Crippen LogP contribution in [0.15, 0.2) is 55.1 Å². The smallest absolute Gasteiger partial charge is 0.393 e. The molecule has 9 heteroatoms. The molecule has 0 amide bonds. The molecule has 30 heavy (non-hydrogen) atoms. The van der Waals surface area contributed by atoms with Gasteiger partial charge in [0.25, 0.3) is 0 Å². The molecule has 0 spiro atoms. The Morgan fingerprint density at radius 2 is 1.77 bits per heavy atom. The molecule has 5 nitrogen and oxygen atoms in total. The second-order valence-electron chi connectivity index (χ2n) is 7.34. The zero-order valence-electron chi connectivity index (χ0n) is 16.4. The number of halogens is 4. The predicted molar refractivity (Wildman–Crippen MR) is 106 cm³/mol. The van der Waals surface area contributed by atoms with Crippen LogP contribution in [0.1, 0.15) is 25.0 Å². The van der Waals surface area contributed by atoms with Crippen LogP contribution in [0.3, 0.4) is 0 Å². The Morgan fingerprint density at radius 1 is 1.10 bits per heavy atom. The molecule has 3 aromatic rings. The minimum Gasteiger partial charge on any atom is -0.457 e. The fourth-order valence-corrected chi connectivity index (χ4v) is 3.32. The van der Waals surface area contributed by atoms with E-state index in [0.717, 1.165) is 0 Å². The van der Waals surface area contributed by atoms with E-state index in [4.69, 9.17) is 16.3 Å². The molecule has 2 aromatic carbocycles. The van der Waals surface area contributed by atoms with Gasteiger partial charge < -0.3 is 9.84 Å². The first-order valence-electron chi connectivity index (χ1n) is 9.25. The van der Waals surface area contributed by atoms with Gasteiger partial charge in [0, 0.05) is 5.02 Å². The Balaban J connectivity index is 2.02. The molecule has 160 valence electrons. The van der Waals surface area contributed by atoms with Crippen molar-refractivity contribution in [1.29, 1.82) is 0 Å². The van der Waals surface area contributed by atoms with Crippen molar-refractivity contribution in [3.8, 4) is 11.5 Å². The van der Waals surface area contributed by atoms with E-state index < -0.39 is 24.1 Å². The van der Waals surface area contributed by atoms with Crippen molar-refractivity contribution in [2.75, 3.05) is 0 Å². The molecule has 0 aliphatic rings. The molecule has 1 heterocycles. The standard InChI is InChI=1S/C21H21ClF3N3O2/c1-14(2)20(29,11-28-13-26-12-27-28)19-8-7-18(9-15(19)10-21(23,24)25)30-17-5-3-16(22)4-6-17/h3-9,12-14,29H,10-11H2,1-2H3. The van der Waals surface area contributed by atoms with E-state index in [9.17, 15) is 18.3 Å². The van der Waals surface area contributed by atoms with Crippen LogP contribution >= 0.6 is 11.6 Å². The highest BCUT2D eigenvalue weighted by Crippen LogP contribution is 2.38. The summed E-state index contributed by atoms with van der Waals surface area (Å²) in [4.78, 5) is 3.84. The molecule has 3 rings (SSSR count). The molecule has 0 aliphatic carbocycles. The van der Waals surface area contributed by atoms with Crippen LogP contribution in [0.25, 0.3) is 0 Å². The van der Waals surface area contributed by atoms with Gasteiger partial charge in [0.2, 0.25) is 0 Å². The summed E-state index contributed by atoms with van der Waals surface area (Å²) in [6, 6.07) is 10.8. The van der Waals surface area contributed by atoms with Gasteiger partial charge in [-0.25, -0.2) is 9.67 Å². The third-order valence-electron chi connectivity index (χ3n) is 4.81. The fourth-order valence-electron chi connectivity index (χ4n) is 3.20. The first-order valence-corrected chi connectivity index (χ1v) is 9.63. The lowest BCUT2D eigenvalue weighted by molar-refractivity contribution is -0.128. The Kier molecular flexibility index (Phi) is 6.38. The van der Waals surface area contributed by atoms with Gasteiger partial charge in [0.15, 0.2) is 0 Å². The second kappa shape index (κ2) is 8.65. The minimum atomic E-state index is -4.46. The molecule has 0 saturated carbocycles. The summed E-state index contributed by atoms with van der Waals surface area (Å²) in [6.45, 7) is 3.45. The van der Waals surface area contributed by atoms with Gasteiger partial charge in [-0.15, -0.1) is 0 Å². The van der Waals surface area contributed by atoms with E-state index in [2.05, 4.69) is 10.1 Å². The van der Waals surface area contributed by atoms with Gasteiger partial charge in [-0.1, -0.05) is 31.5 Å². The van der Waals surface area contributed by atoms with E-state index in [1.165, 1.54) is 29.5 Å². The van der Waals surface area contributed by atoms with E-state index in [-0.39, 0.29) is 23.4 Å². The summed E-state index contributed by atoms with van der Waals surface area (Å²) >= 11 is 5.85. The monoisotopic (exact) mass is 439 g/mol. The van der Waals surface area contributed by atoms with Gasteiger partial charge in [-0.05, 0) is 53.4 Å². The van der Waals surface area contributed by atoms with Crippen LogP contribution in [-0.4, -0.2) is 26.0 Å². The van der Waals surface area contributed by atoms with Crippen LogP contribution in [0.4, 0.5) is 13.2 Å². The van der Waals surface area contributed by atoms with Crippen molar-refractivity contribution in [2.24, 2.45) is 5.92 Å². The first-order chi connectivity index (χ1) is 14.1. The topological polar surface area (TPSA) is 60.2 Å². The highest BCUT2D eigenvalue weighted by Gasteiger charge is 2.39. The third kappa shape index (κ3) is 5.31. The van der Waals surface area contributed by atoms with Crippen molar-refractivity contribution in [3.05, 3.63) is 71.3 Å². The normalized spacial score (nSPS) is 14.0. The van der Waals surface area contributed by atoms with Gasteiger partial charge >= 0.3 is 6.18 Å². The maximum absolute atomic E-state index is 13.3. The SMILES string of the molecule is CC(C)C(O)(Cn1cncn1)c1ccc(Oc2ccc(Cl)cc2)cc1CC(F)(F)F. The van der Waals surface area contributed by atoms with E-state index in [1.54, 1.807) is 44.2 Å². The average molecular weight is 440 g/mol. The molecular weight excluding hydrogens is 419 g/mol. The van der Waals surface area contributed by atoms with Crippen LogP contribution < -0.4 is 4.74 Å². The van der Waals surface area contributed by atoms with Crippen molar-refractivity contribution in [3.63, 3.8) is 0 Å². The van der Waals surface area contributed by atoms with Crippen molar-refractivity contribution >= 4 is 11.6 Å². The average Bonchev–Trinajstić information content (AvgIpc) is 3.15. The van der Waals surface area contributed by atoms with Crippen molar-refractivity contribution in [2.45, 2.75) is 38.6 Å². The van der Waals surface area contributed by atoms with Gasteiger partial charge in [0.1, 0.15) is 29.8 Å². The van der Waals surface area contributed by atoms with E-state index in [1.807, 2.05) is 0 Å². The minimum absolute atomic E-state index is 0.0348. The summed E-state index contributed by atoms with van der Waals surface area (Å²) in [7, 11) is 0. The summed E-state index contributed by atoms with van der Waals surface area (Å²) in [5, 5.41) is 15.9. The van der Waals surface area contributed by atoms with Gasteiger partial charge in [0.05, 0.1) is 13.0 Å². The number of benzene rings is 2. The van der Waals surface area contributed by atoms with Crippen LogP contribution in [0.2, 0.25) is 5.02 Å². The zero-order chi connectivity index (χ0) is 21.9. The summed E-state index contributed by atoms with van der Waals surface area (Å²) < 4.78 is 47.1. The Morgan fingerprint density at radius 3 is 2.33 bits per heavy atom. The highest BCUT2D eigenvalue weighted by molar-refractivity contribution is 6.30. The van der Waals surface area contributed by atoms with Crippen molar-refractivity contribution < 1.29 is 23.0 Å². The van der Waals surface area contributed by atoms with Crippen LogP contribution in [-0.2, 0) is 18.6 Å². The van der Waals surface area contributed by atoms with Crippen molar-refractivity contribution in [1.82, 2.24) is 14.8 Å². The maximum Gasteiger partial charge on any atom is 0.393 e. The largest absolute Gasteiger partial charge is 0.457 e. The van der Waals surface area contributed by atoms with Crippen LogP contribution in [0, 0.1) is 5.92 Å². The molecule has 0 aliphatic heterocycles. The summed E-state index contributed by atoms with van der Waals surface area (Å²) in [5.74, 6) is 0.274. The molecule has 0 bridgehead atoms. The molecule has 1 aromatic heterocycles. The predicted octanol–water partition coefficient (Wildman–Crippen LogP) is 5.37. The molecule has 1 N–H and O–H groups in total. The molecule has 1 atom stereocenters. The molecule has 0 fully saturated rings. The number of aromatic nitrogens is 3. The molecular formula is C21H21ClF3N3O2. The number of nitrogens with zero attached hydrogens (tertiary/aromatic N) is 3. The molecule has 0 saturated heterocycles. The van der Waals surface area contributed by atoms with E-state index in [0.29, 0.717) is 10.8 Å². The lowest BCUT2D eigenvalue weighted by Crippen LogP contribution is -2.38. The number of alkyl halides is 3. The molecule has 1 unspecified atom stereocenters. The Hall–Kier alpha value is -2.58. The lowest BCUT2D eigenvalue weighted by Gasteiger charge is -2.34. The number of aliphatic hydroxyl groups is 1. The van der Waals surface area contributed by atoms with Crippen LogP contribution in [0.5, 0.6) is 11.5 Å². The maximum atomic E-state index is 13.3. The van der Waals surface area contributed by atoms with Gasteiger partial charge in [-0.2, -0.15) is 18.3 Å². The number of hydrogen-bond acceptors (Lipinski definition) is 4. The number of hydrogen-bond donors (Lipinski definition) is 1. The van der Waals surface area contributed by atoms with Gasteiger partial charge in [-0.3, -0.25) is 0 Å². The number of rotatable bonds is 7.